The lowest BCUT2D eigenvalue weighted by Gasteiger charge is -2.27. The molecule has 0 radical (unpaired) electrons. The van der Waals surface area contributed by atoms with Gasteiger partial charge in [-0.05, 0) is 31.4 Å². The van der Waals surface area contributed by atoms with Gasteiger partial charge in [0.2, 0.25) is 0 Å². The zero-order chi connectivity index (χ0) is 10.8. The van der Waals surface area contributed by atoms with E-state index in [0.29, 0.717) is 6.04 Å². The fourth-order valence-electron chi connectivity index (χ4n) is 2.35. The van der Waals surface area contributed by atoms with Crippen LogP contribution in [0.2, 0.25) is 0 Å². The van der Waals surface area contributed by atoms with E-state index in [0.717, 1.165) is 25.2 Å². The van der Waals surface area contributed by atoms with E-state index in [2.05, 4.69) is 43.0 Å². The number of aryl methyl sites for hydroxylation is 1. The van der Waals surface area contributed by atoms with Crippen LogP contribution in [-0.4, -0.2) is 17.3 Å². The minimum Gasteiger partial charge on any atom is -0.354 e. The van der Waals surface area contributed by atoms with Gasteiger partial charge in [0, 0.05) is 13.0 Å². The maximum absolute atomic E-state index is 7.88. The van der Waals surface area contributed by atoms with Crippen LogP contribution in [0.3, 0.4) is 0 Å². The Kier molecular flexibility index (Phi) is 2.76. The third kappa shape index (κ3) is 1.89. The van der Waals surface area contributed by atoms with Gasteiger partial charge >= 0.3 is 0 Å². The molecule has 0 spiro atoms. The molecule has 1 atom stereocenters. The maximum atomic E-state index is 7.88. The van der Waals surface area contributed by atoms with Crippen molar-refractivity contribution in [3.05, 3.63) is 35.4 Å². The molecule has 0 saturated carbocycles. The Labute approximate surface area is 91.4 Å². The first kappa shape index (κ1) is 10.2. The third-order valence-electron chi connectivity index (χ3n) is 3.27. The van der Waals surface area contributed by atoms with Crippen LogP contribution in [0.25, 0.3) is 0 Å². The second-order valence-electron chi connectivity index (χ2n) is 4.28. The van der Waals surface area contributed by atoms with Gasteiger partial charge in [0.25, 0.3) is 0 Å². The summed E-state index contributed by atoms with van der Waals surface area (Å²) in [5.74, 6) is 0.797. The zero-order valence-electron chi connectivity index (χ0n) is 9.46. The summed E-state index contributed by atoms with van der Waals surface area (Å²) < 4.78 is 0. The Morgan fingerprint density at radius 3 is 2.67 bits per heavy atom. The molecule has 2 heteroatoms. The lowest BCUT2D eigenvalue weighted by atomic mass is 10.0. The molecular weight excluding hydrogens is 184 g/mol. The van der Waals surface area contributed by atoms with E-state index < -0.39 is 0 Å². The lowest BCUT2D eigenvalue weighted by Crippen LogP contribution is -2.27. The van der Waals surface area contributed by atoms with Crippen molar-refractivity contribution in [1.29, 1.82) is 5.41 Å². The molecule has 0 aromatic heterocycles. The van der Waals surface area contributed by atoms with E-state index in [1.807, 2.05) is 0 Å². The Balaban J connectivity index is 2.24. The highest BCUT2D eigenvalue weighted by molar-refractivity contribution is 5.81. The van der Waals surface area contributed by atoms with E-state index >= 15 is 0 Å². The molecule has 1 aliphatic heterocycles. The summed E-state index contributed by atoms with van der Waals surface area (Å²) in [5, 5.41) is 7.88. The number of likely N-dealkylation sites (tertiary alicyclic amines) is 1. The number of benzene rings is 1. The standard InChI is InChI=1S/C13H18N2/c1-10-6-3-4-7-12(10)11(2)15-9-5-8-13(15)14/h3-4,6-7,11,14H,5,8-9H2,1-2H3. The average molecular weight is 202 g/mol. The molecule has 2 nitrogen and oxygen atoms in total. The van der Waals surface area contributed by atoms with Crippen LogP contribution in [0.15, 0.2) is 24.3 Å². The quantitative estimate of drug-likeness (QED) is 0.783. The first-order valence-electron chi connectivity index (χ1n) is 5.59. The number of rotatable bonds is 2. The number of hydrogen-bond donors (Lipinski definition) is 1. The number of nitrogens with zero attached hydrogens (tertiary/aromatic N) is 1. The van der Waals surface area contributed by atoms with Gasteiger partial charge in [-0.2, -0.15) is 0 Å². The fraction of sp³-hybridized carbons (Fsp3) is 0.462. The van der Waals surface area contributed by atoms with Crippen molar-refractivity contribution in [3.8, 4) is 0 Å². The van der Waals surface area contributed by atoms with Crippen molar-refractivity contribution in [2.45, 2.75) is 32.7 Å². The minimum absolute atomic E-state index is 0.348. The molecule has 2 rings (SSSR count). The molecule has 1 aromatic carbocycles. The Morgan fingerprint density at radius 1 is 1.33 bits per heavy atom. The van der Waals surface area contributed by atoms with Crippen LogP contribution in [0.4, 0.5) is 0 Å². The molecule has 15 heavy (non-hydrogen) atoms. The van der Waals surface area contributed by atoms with Gasteiger partial charge in [-0.1, -0.05) is 24.3 Å². The summed E-state index contributed by atoms with van der Waals surface area (Å²) in [6.07, 6.45) is 2.07. The minimum atomic E-state index is 0.348. The molecule has 1 unspecified atom stereocenters. The molecule has 1 aliphatic rings. The highest BCUT2D eigenvalue weighted by Crippen LogP contribution is 2.27. The van der Waals surface area contributed by atoms with E-state index in [1.165, 1.54) is 11.1 Å². The number of nitrogens with one attached hydrogen (secondary N) is 1. The van der Waals surface area contributed by atoms with E-state index in [9.17, 15) is 0 Å². The Bertz CT molecular complexity index is 371. The van der Waals surface area contributed by atoms with E-state index in [4.69, 9.17) is 5.41 Å². The second kappa shape index (κ2) is 4.05. The van der Waals surface area contributed by atoms with Crippen LogP contribution < -0.4 is 0 Å². The molecule has 1 heterocycles. The van der Waals surface area contributed by atoms with Crippen LogP contribution in [-0.2, 0) is 0 Å². The van der Waals surface area contributed by atoms with Crippen molar-refractivity contribution in [1.82, 2.24) is 4.90 Å². The Morgan fingerprint density at radius 2 is 2.07 bits per heavy atom. The molecule has 0 bridgehead atoms. The fourth-order valence-corrected chi connectivity index (χ4v) is 2.35. The molecule has 1 fully saturated rings. The monoisotopic (exact) mass is 202 g/mol. The second-order valence-corrected chi connectivity index (χ2v) is 4.28. The predicted molar refractivity (Wildman–Crippen MR) is 63.3 cm³/mol. The highest BCUT2D eigenvalue weighted by atomic mass is 15.2. The highest BCUT2D eigenvalue weighted by Gasteiger charge is 2.23. The first-order valence-corrected chi connectivity index (χ1v) is 5.59. The summed E-state index contributed by atoms with van der Waals surface area (Å²) in [6, 6.07) is 8.82. The van der Waals surface area contributed by atoms with Gasteiger partial charge in [-0.3, -0.25) is 5.41 Å². The van der Waals surface area contributed by atoms with Crippen molar-refractivity contribution in [2.24, 2.45) is 0 Å². The molecule has 0 amide bonds. The molecule has 1 N–H and O–H groups in total. The van der Waals surface area contributed by atoms with Crippen molar-refractivity contribution >= 4 is 5.84 Å². The van der Waals surface area contributed by atoms with Crippen molar-refractivity contribution in [2.75, 3.05) is 6.54 Å². The summed E-state index contributed by atoms with van der Waals surface area (Å²) >= 11 is 0. The van der Waals surface area contributed by atoms with Gasteiger partial charge in [0.05, 0.1) is 11.9 Å². The van der Waals surface area contributed by atoms with Gasteiger partial charge in [-0.15, -0.1) is 0 Å². The first-order chi connectivity index (χ1) is 7.20. The molecule has 80 valence electrons. The summed E-state index contributed by atoms with van der Waals surface area (Å²) in [7, 11) is 0. The van der Waals surface area contributed by atoms with Gasteiger partial charge in [0.15, 0.2) is 0 Å². The largest absolute Gasteiger partial charge is 0.354 e. The van der Waals surface area contributed by atoms with Gasteiger partial charge in [-0.25, -0.2) is 0 Å². The number of hydrogen-bond acceptors (Lipinski definition) is 1. The smallest absolute Gasteiger partial charge is 0.0963 e. The average Bonchev–Trinajstić information content (AvgIpc) is 2.64. The lowest BCUT2D eigenvalue weighted by molar-refractivity contribution is 0.361. The summed E-state index contributed by atoms with van der Waals surface area (Å²) in [4.78, 5) is 2.21. The molecule has 1 aromatic rings. The van der Waals surface area contributed by atoms with Gasteiger partial charge < -0.3 is 4.90 Å². The molecule has 1 saturated heterocycles. The van der Waals surface area contributed by atoms with Crippen molar-refractivity contribution < 1.29 is 0 Å². The van der Waals surface area contributed by atoms with Crippen LogP contribution in [0.5, 0.6) is 0 Å². The third-order valence-corrected chi connectivity index (χ3v) is 3.27. The van der Waals surface area contributed by atoms with E-state index in [1.54, 1.807) is 0 Å². The normalized spacial score (nSPS) is 18.3. The summed E-state index contributed by atoms with van der Waals surface area (Å²) in [6.45, 7) is 5.38. The van der Waals surface area contributed by atoms with Crippen LogP contribution in [0.1, 0.15) is 36.9 Å². The summed E-state index contributed by atoms with van der Waals surface area (Å²) in [5.41, 5.74) is 2.67. The van der Waals surface area contributed by atoms with Crippen LogP contribution in [0, 0.1) is 12.3 Å². The Hall–Kier alpha value is -1.31. The topological polar surface area (TPSA) is 27.1 Å². The predicted octanol–water partition coefficient (Wildman–Crippen LogP) is 3.13. The SMILES string of the molecule is Cc1ccccc1C(C)N1CCCC1=N. The zero-order valence-corrected chi connectivity index (χ0v) is 9.46. The van der Waals surface area contributed by atoms with Crippen molar-refractivity contribution in [3.63, 3.8) is 0 Å². The number of amidine groups is 1. The van der Waals surface area contributed by atoms with E-state index in [-0.39, 0.29) is 0 Å². The van der Waals surface area contributed by atoms with Crippen LogP contribution >= 0.6 is 0 Å². The maximum Gasteiger partial charge on any atom is 0.0963 e. The molecule has 0 aliphatic carbocycles. The molecular formula is C13H18N2. The van der Waals surface area contributed by atoms with Gasteiger partial charge in [0.1, 0.15) is 0 Å².